The van der Waals surface area contributed by atoms with Gasteiger partial charge in [-0.05, 0) is 35.6 Å². The average molecular weight is 255 g/mol. The number of rotatable bonds is 4. The van der Waals surface area contributed by atoms with Crippen LogP contribution in [0.25, 0.3) is 0 Å². The summed E-state index contributed by atoms with van der Waals surface area (Å²) in [5.74, 6) is 0.662. The van der Waals surface area contributed by atoms with Crippen LogP contribution in [0.15, 0.2) is 18.2 Å². The van der Waals surface area contributed by atoms with Gasteiger partial charge in [0.1, 0.15) is 5.75 Å². The molecule has 0 bridgehead atoms. The third-order valence-electron chi connectivity index (χ3n) is 3.44. The molecular formula is C14H19F2NO. The van der Waals surface area contributed by atoms with Crippen molar-refractivity contribution in [2.75, 3.05) is 6.54 Å². The smallest absolute Gasteiger partial charge is 0.387 e. The summed E-state index contributed by atoms with van der Waals surface area (Å²) in [7, 11) is 0. The van der Waals surface area contributed by atoms with Gasteiger partial charge in [-0.1, -0.05) is 26.3 Å². The Morgan fingerprint density at radius 2 is 2.17 bits per heavy atom. The largest absolute Gasteiger partial charge is 0.435 e. The average Bonchev–Trinajstić information content (AvgIpc) is 2.32. The summed E-state index contributed by atoms with van der Waals surface area (Å²) in [6.07, 6.45) is 2.07. The highest BCUT2D eigenvalue weighted by atomic mass is 19.3. The standard InChI is InChI=1S/C14H19F2NO/c1-3-4-13-12-7-10(18-14(15)16)5-6-11(12)9(2)8-17-13/h5-7,9,13-14,17H,3-4,8H2,1-2H3. The molecule has 18 heavy (non-hydrogen) atoms. The zero-order chi connectivity index (χ0) is 13.1. The van der Waals surface area contributed by atoms with Crippen molar-refractivity contribution in [3.63, 3.8) is 0 Å². The molecule has 0 spiro atoms. The van der Waals surface area contributed by atoms with Crippen LogP contribution in [0.3, 0.4) is 0 Å². The van der Waals surface area contributed by atoms with Crippen LogP contribution in [0, 0.1) is 0 Å². The van der Waals surface area contributed by atoms with E-state index in [9.17, 15) is 8.78 Å². The van der Waals surface area contributed by atoms with Crippen molar-refractivity contribution in [3.05, 3.63) is 29.3 Å². The van der Waals surface area contributed by atoms with Crippen LogP contribution in [0.4, 0.5) is 8.78 Å². The molecule has 1 aliphatic rings. The summed E-state index contributed by atoms with van der Waals surface area (Å²) >= 11 is 0. The molecule has 1 aliphatic heterocycles. The van der Waals surface area contributed by atoms with Crippen LogP contribution < -0.4 is 10.1 Å². The molecule has 100 valence electrons. The molecule has 0 radical (unpaired) electrons. The first kappa shape index (κ1) is 13.3. The highest BCUT2D eigenvalue weighted by molar-refractivity contribution is 5.41. The Labute approximate surface area is 106 Å². The predicted octanol–water partition coefficient (Wildman–Crippen LogP) is 3.84. The summed E-state index contributed by atoms with van der Waals surface area (Å²) < 4.78 is 29.0. The van der Waals surface area contributed by atoms with Crippen molar-refractivity contribution in [2.45, 2.75) is 45.3 Å². The molecule has 1 aromatic carbocycles. The minimum atomic E-state index is -2.76. The number of alkyl halides is 2. The molecule has 1 N–H and O–H groups in total. The highest BCUT2D eigenvalue weighted by Gasteiger charge is 2.24. The van der Waals surface area contributed by atoms with Crippen LogP contribution in [-0.2, 0) is 0 Å². The Bertz CT molecular complexity index is 409. The zero-order valence-corrected chi connectivity index (χ0v) is 10.7. The fourth-order valence-electron chi connectivity index (χ4n) is 2.56. The van der Waals surface area contributed by atoms with Gasteiger partial charge in [0.25, 0.3) is 0 Å². The summed E-state index contributed by atoms with van der Waals surface area (Å²) in [4.78, 5) is 0. The van der Waals surface area contributed by atoms with Gasteiger partial charge in [0.05, 0.1) is 0 Å². The van der Waals surface area contributed by atoms with Crippen molar-refractivity contribution < 1.29 is 13.5 Å². The fourth-order valence-corrected chi connectivity index (χ4v) is 2.56. The van der Waals surface area contributed by atoms with Crippen molar-refractivity contribution in [1.82, 2.24) is 5.32 Å². The first-order chi connectivity index (χ1) is 8.61. The van der Waals surface area contributed by atoms with E-state index in [0.29, 0.717) is 5.92 Å². The van der Waals surface area contributed by atoms with Crippen molar-refractivity contribution in [1.29, 1.82) is 0 Å². The second-order valence-electron chi connectivity index (χ2n) is 4.82. The minimum Gasteiger partial charge on any atom is -0.435 e. The third kappa shape index (κ3) is 2.80. The molecule has 1 aromatic rings. The van der Waals surface area contributed by atoms with Crippen molar-refractivity contribution in [2.24, 2.45) is 0 Å². The van der Waals surface area contributed by atoms with E-state index in [1.807, 2.05) is 6.07 Å². The maximum atomic E-state index is 12.2. The maximum Gasteiger partial charge on any atom is 0.387 e. The molecule has 0 fully saturated rings. The normalized spacial score (nSPS) is 22.9. The monoisotopic (exact) mass is 255 g/mol. The number of hydrogen-bond donors (Lipinski definition) is 1. The fraction of sp³-hybridized carbons (Fsp3) is 0.571. The van der Waals surface area contributed by atoms with Crippen LogP contribution >= 0.6 is 0 Å². The summed E-state index contributed by atoms with van der Waals surface area (Å²) in [6.45, 7) is 2.44. The topological polar surface area (TPSA) is 21.3 Å². The zero-order valence-electron chi connectivity index (χ0n) is 10.7. The lowest BCUT2D eigenvalue weighted by Crippen LogP contribution is -2.32. The van der Waals surface area contributed by atoms with Crippen LogP contribution in [0.5, 0.6) is 5.75 Å². The Morgan fingerprint density at radius 3 is 2.83 bits per heavy atom. The summed E-state index contributed by atoms with van der Waals surface area (Å²) in [5.41, 5.74) is 2.35. The van der Waals surface area contributed by atoms with Gasteiger partial charge < -0.3 is 10.1 Å². The number of benzene rings is 1. The van der Waals surface area contributed by atoms with Crippen LogP contribution in [0.2, 0.25) is 0 Å². The molecule has 0 aromatic heterocycles. The third-order valence-corrected chi connectivity index (χ3v) is 3.44. The maximum absolute atomic E-state index is 12.2. The van der Waals surface area contributed by atoms with Gasteiger partial charge in [0, 0.05) is 12.6 Å². The lowest BCUT2D eigenvalue weighted by Gasteiger charge is -2.31. The molecule has 2 nitrogen and oxygen atoms in total. The lowest BCUT2D eigenvalue weighted by molar-refractivity contribution is -0.0499. The quantitative estimate of drug-likeness (QED) is 0.882. The van der Waals surface area contributed by atoms with E-state index in [1.165, 1.54) is 5.56 Å². The second-order valence-corrected chi connectivity index (χ2v) is 4.82. The van der Waals surface area contributed by atoms with E-state index in [1.54, 1.807) is 12.1 Å². The van der Waals surface area contributed by atoms with Gasteiger partial charge >= 0.3 is 6.61 Å². The van der Waals surface area contributed by atoms with Gasteiger partial charge in [-0.3, -0.25) is 0 Å². The van der Waals surface area contributed by atoms with Gasteiger partial charge in [0.2, 0.25) is 0 Å². The molecule has 2 atom stereocenters. The van der Waals surface area contributed by atoms with Gasteiger partial charge in [-0.15, -0.1) is 0 Å². The van der Waals surface area contributed by atoms with Crippen molar-refractivity contribution >= 4 is 0 Å². The molecule has 0 saturated heterocycles. The van der Waals surface area contributed by atoms with E-state index in [4.69, 9.17) is 0 Å². The summed E-state index contributed by atoms with van der Waals surface area (Å²) in [6, 6.07) is 5.56. The Hall–Kier alpha value is -1.16. The SMILES string of the molecule is CCCC1NCC(C)c2ccc(OC(F)F)cc21. The Balaban J connectivity index is 2.30. The van der Waals surface area contributed by atoms with E-state index >= 15 is 0 Å². The molecule has 2 unspecified atom stereocenters. The van der Waals surface area contributed by atoms with E-state index < -0.39 is 6.61 Å². The number of nitrogens with one attached hydrogen (secondary N) is 1. The number of ether oxygens (including phenoxy) is 1. The second kappa shape index (κ2) is 5.65. The van der Waals surface area contributed by atoms with E-state index in [2.05, 4.69) is 23.9 Å². The molecule has 4 heteroatoms. The van der Waals surface area contributed by atoms with Crippen molar-refractivity contribution in [3.8, 4) is 5.75 Å². The van der Waals surface area contributed by atoms with Crippen LogP contribution in [-0.4, -0.2) is 13.2 Å². The number of fused-ring (bicyclic) bond motifs is 1. The Kier molecular flexibility index (Phi) is 4.17. The van der Waals surface area contributed by atoms with Crippen LogP contribution in [0.1, 0.15) is 49.8 Å². The lowest BCUT2D eigenvalue weighted by atomic mass is 9.86. The molecular weight excluding hydrogens is 236 g/mol. The first-order valence-electron chi connectivity index (χ1n) is 6.43. The predicted molar refractivity (Wildman–Crippen MR) is 67.1 cm³/mol. The minimum absolute atomic E-state index is 0.251. The van der Waals surface area contributed by atoms with E-state index in [-0.39, 0.29) is 11.8 Å². The summed E-state index contributed by atoms with van der Waals surface area (Å²) in [5, 5.41) is 3.46. The van der Waals surface area contributed by atoms with Gasteiger partial charge in [0.15, 0.2) is 0 Å². The number of hydrogen-bond acceptors (Lipinski definition) is 2. The molecule has 0 amide bonds. The van der Waals surface area contributed by atoms with Gasteiger partial charge in [-0.25, -0.2) is 0 Å². The number of halogens is 2. The molecule has 0 aliphatic carbocycles. The van der Waals surface area contributed by atoms with E-state index in [0.717, 1.165) is 24.9 Å². The molecule has 2 rings (SSSR count). The highest BCUT2D eigenvalue weighted by Crippen LogP contribution is 2.35. The molecule has 0 saturated carbocycles. The van der Waals surface area contributed by atoms with Gasteiger partial charge in [-0.2, -0.15) is 8.78 Å². The first-order valence-corrected chi connectivity index (χ1v) is 6.43. The molecule has 1 heterocycles. The Morgan fingerprint density at radius 1 is 1.39 bits per heavy atom.